The van der Waals surface area contributed by atoms with Gasteiger partial charge in [0, 0.05) is 18.8 Å². The van der Waals surface area contributed by atoms with Crippen LogP contribution in [0, 0.1) is 0 Å². The van der Waals surface area contributed by atoms with Crippen LogP contribution in [0.15, 0.2) is 16.7 Å². The molecule has 3 nitrogen and oxygen atoms in total. The molecular formula is C10H14BrClN2O. The first-order valence-corrected chi connectivity index (χ1v) is 6.03. The van der Waals surface area contributed by atoms with Gasteiger partial charge in [-0.25, -0.2) is 4.98 Å². The second-order valence-corrected chi connectivity index (χ2v) is 4.54. The molecule has 0 fully saturated rings. The number of aromatic nitrogens is 1. The predicted molar refractivity (Wildman–Crippen MR) is 66.4 cm³/mol. The van der Waals surface area contributed by atoms with Gasteiger partial charge in [0.1, 0.15) is 5.82 Å². The summed E-state index contributed by atoms with van der Waals surface area (Å²) in [6.07, 6.45) is 3.25. The summed E-state index contributed by atoms with van der Waals surface area (Å²) in [4.78, 5) is 4.18. The first-order valence-electron chi connectivity index (χ1n) is 4.85. The summed E-state index contributed by atoms with van der Waals surface area (Å²) in [5.74, 6) is 0.764. The van der Waals surface area contributed by atoms with E-state index in [1.807, 2.05) is 0 Å². The number of hydrogen-bond acceptors (Lipinski definition) is 3. The lowest BCUT2D eigenvalue weighted by atomic mass is 10.1. The second-order valence-electron chi connectivity index (χ2n) is 3.25. The summed E-state index contributed by atoms with van der Waals surface area (Å²) in [6, 6.07) is 2.03. The fraction of sp³-hybridized carbons (Fsp3) is 0.500. The zero-order chi connectivity index (χ0) is 11.3. The van der Waals surface area contributed by atoms with Crippen molar-refractivity contribution in [1.82, 2.24) is 4.98 Å². The summed E-state index contributed by atoms with van der Waals surface area (Å²) in [5, 5.41) is 12.7. The average Bonchev–Trinajstić information content (AvgIpc) is 2.21. The van der Waals surface area contributed by atoms with Crippen molar-refractivity contribution in [2.24, 2.45) is 0 Å². The Morgan fingerprint density at radius 2 is 2.40 bits per heavy atom. The van der Waals surface area contributed by atoms with Gasteiger partial charge in [0.2, 0.25) is 0 Å². The molecule has 1 aromatic rings. The maximum absolute atomic E-state index is 8.87. The molecule has 1 rings (SSSR count). The lowest BCUT2D eigenvalue weighted by Crippen LogP contribution is -2.20. The monoisotopic (exact) mass is 292 g/mol. The second kappa shape index (κ2) is 6.30. The van der Waals surface area contributed by atoms with Gasteiger partial charge in [-0.05, 0) is 34.8 Å². The van der Waals surface area contributed by atoms with Crippen LogP contribution in [-0.2, 0) is 0 Å². The number of aliphatic hydroxyl groups is 1. The Bertz CT molecular complexity index is 322. The summed E-state index contributed by atoms with van der Waals surface area (Å²) < 4.78 is 0.839. The highest BCUT2D eigenvalue weighted by Gasteiger charge is 2.08. The number of hydrogen-bond donors (Lipinski definition) is 2. The molecule has 1 atom stereocenters. The Morgan fingerprint density at radius 1 is 1.67 bits per heavy atom. The molecule has 5 heteroatoms. The molecule has 1 heterocycles. The van der Waals surface area contributed by atoms with Gasteiger partial charge in [-0.1, -0.05) is 18.5 Å². The molecule has 0 aromatic carbocycles. The molecule has 1 aromatic heterocycles. The molecule has 0 saturated carbocycles. The van der Waals surface area contributed by atoms with Gasteiger partial charge in [0.05, 0.1) is 9.50 Å². The van der Waals surface area contributed by atoms with Gasteiger partial charge < -0.3 is 10.4 Å². The quantitative estimate of drug-likeness (QED) is 0.877. The Hall–Kier alpha value is -0.320. The number of nitrogens with one attached hydrogen (secondary N) is 1. The third-order valence-corrected chi connectivity index (χ3v) is 2.93. The number of anilines is 1. The smallest absolute Gasteiger partial charge is 0.140 e. The molecule has 2 N–H and O–H groups in total. The largest absolute Gasteiger partial charge is 0.396 e. The van der Waals surface area contributed by atoms with Crippen LogP contribution in [0.25, 0.3) is 0 Å². The number of rotatable bonds is 5. The highest BCUT2D eigenvalue weighted by atomic mass is 79.9. The minimum absolute atomic E-state index is 0.177. The van der Waals surface area contributed by atoms with Gasteiger partial charge in [-0.15, -0.1) is 0 Å². The normalized spacial score (nSPS) is 12.5. The van der Waals surface area contributed by atoms with Crippen molar-refractivity contribution < 1.29 is 5.11 Å². The van der Waals surface area contributed by atoms with E-state index in [9.17, 15) is 0 Å². The van der Waals surface area contributed by atoms with E-state index in [4.69, 9.17) is 16.7 Å². The van der Waals surface area contributed by atoms with Crippen LogP contribution in [0.1, 0.15) is 19.8 Å². The third kappa shape index (κ3) is 3.97. The van der Waals surface area contributed by atoms with Crippen molar-refractivity contribution >= 4 is 33.3 Å². The van der Waals surface area contributed by atoms with E-state index in [1.54, 1.807) is 12.3 Å². The van der Waals surface area contributed by atoms with Crippen molar-refractivity contribution in [2.45, 2.75) is 25.8 Å². The standard InChI is InChI=1S/C10H14BrClN2O/c1-2-8(3-4-15)14-10-9(11)5-7(12)6-13-10/h5-6,8,15H,2-4H2,1H3,(H,13,14). The van der Waals surface area contributed by atoms with Gasteiger partial charge in [0.15, 0.2) is 0 Å². The average molecular weight is 294 g/mol. The van der Waals surface area contributed by atoms with Crippen molar-refractivity contribution in [3.8, 4) is 0 Å². The minimum atomic E-state index is 0.177. The van der Waals surface area contributed by atoms with E-state index < -0.39 is 0 Å². The van der Waals surface area contributed by atoms with E-state index in [2.05, 4.69) is 33.2 Å². The molecule has 0 aliphatic carbocycles. The van der Waals surface area contributed by atoms with E-state index >= 15 is 0 Å². The Balaban J connectivity index is 2.70. The molecule has 0 saturated heterocycles. The van der Waals surface area contributed by atoms with Crippen molar-refractivity contribution in [3.63, 3.8) is 0 Å². The molecule has 84 valence electrons. The van der Waals surface area contributed by atoms with E-state index in [0.29, 0.717) is 11.4 Å². The molecule has 1 unspecified atom stereocenters. The van der Waals surface area contributed by atoms with Gasteiger partial charge in [-0.3, -0.25) is 0 Å². The highest BCUT2D eigenvalue weighted by Crippen LogP contribution is 2.24. The number of aliphatic hydroxyl groups excluding tert-OH is 1. The summed E-state index contributed by atoms with van der Waals surface area (Å²) in [7, 11) is 0. The van der Waals surface area contributed by atoms with Crippen molar-refractivity contribution in [2.75, 3.05) is 11.9 Å². The highest BCUT2D eigenvalue weighted by molar-refractivity contribution is 9.10. The Morgan fingerprint density at radius 3 is 2.93 bits per heavy atom. The van der Waals surface area contributed by atoms with E-state index in [0.717, 1.165) is 16.7 Å². The first-order chi connectivity index (χ1) is 7.17. The first kappa shape index (κ1) is 12.7. The molecule has 0 spiro atoms. The van der Waals surface area contributed by atoms with Gasteiger partial charge in [-0.2, -0.15) is 0 Å². The minimum Gasteiger partial charge on any atom is -0.396 e. The fourth-order valence-corrected chi connectivity index (χ4v) is 2.00. The van der Waals surface area contributed by atoms with Crippen LogP contribution < -0.4 is 5.32 Å². The summed E-state index contributed by atoms with van der Waals surface area (Å²) >= 11 is 9.17. The van der Waals surface area contributed by atoms with Crippen molar-refractivity contribution in [1.29, 1.82) is 0 Å². The van der Waals surface area contributed by atoms with Gasteiger partial charge in [0.25, 0.3) is 0 Å². The number of pyridine rings is 1. The predicted octanol–water partition coefficient (Wildman–Crippen LogP) is 3.07. The van der Waals surface area contributed by atoms with Gasteiger partial charge >= 0.3 is 0 Å². The Kier molecular flexibility index (Phi) is 5.36. The molecule has 0 amide bonds. The van der Waals surface area contributed by atoms with E-state index in [1.165, 1.54) is 0 Å². The molecule has 0 aliphatic rings. The number of nitrogens with zero attached hydrogens (tertiary/aromatic N) is 1. The SMILES string of the molecule is CCC(CCO)Nc1ncc(Cl)cc1Br. The maximum Gasteiger partial charge on any atom is 0.140 e. The van der Waals surface area contributed by atoms with Crippen LogP contribution in [0.3, 0.4) is 0 Å². The summed E-state index contributed by atoms with van der Waals surface area (Å²) in [6.45, 7) is 2.24. The van der Waals surface area contributed by atoms with Crippen LogP contribution in [-0.4, -0.2) is 22.7 Å². The van der Waals surface area contributed by atoms with Crippen LogP contribution >= 0.6 is 27.5 Å². The maximum atomic E-state index is 8.87. The van der Waals surface area contributed by atoms with Crippen LogP contribution in [0.4, 0.5) is 5.82 Å². The third-order valence-electron chi connectivity index (χ3n) is 2.12. The number of halogens is 2. The lowest BCUT2D eigenvalue weighted by Gasteiger charge is -2.17. The van der Waals surface area contributed by atoms with Crippen molar-refractivity contribution in [3.05, 3.63) is 21.8 Å². The molecular weight excluding hydrogens is 279 g/mol. The molecule has 0 aliphatic heterocycles. The summed E-state index contributed by atoms with van der Waals surface area (Å²) in [5.41, 5.74) is 0. The van der Waals surface area contributed by atoms with Crippen LogP contribution in [0.2, 0.25) is 5.02 Å². The fourth-order valence-electron chi connectivity index (χ4n) is 1.25. The lowest BCUT2D eigenvalue weighted by molar-refractivity contribution is 0.278. The molecule has 15 heavy (non-hydrogen) atoms. The Labute approximate surface area is 103 Å². The molecule has 0 bridgehead atoms. The topological polar surface area (TPSA) is 45.1 Å². The molecule has 0 radical (unpaired) electrons. The van der Waals surface area contributed by atoms with E-state index in [-0.39, 0.29) is 12.6 Å². The zero-order valence-corrected chi connectivity index (χ0v) is 10.8. The van der Waals surface area contributed by atoms with Crippen LogP contribution in [0.5, 0.6) is 0 Å². The zero-order valence-electron chi connectivity index (χ0n) is 8.50.